The third-order valence-electron chi connectivity index (χ3n) is 4.98. The maximum Gasteiger partial charge on any atom is 0.162 e. The number of ether oxygens (including phenoxy) is 2. The molecule has 1 aromatic heterocycles. The zero-order valence-electron chi connectivity index (χ0n) is 13.0. The molecule has 0 atom stereocenters. The van der Waals surface area contributed by atoms with Gasteiger partial charge >= 0.3 is 0 Å². The lowest BCUT2D eigenvalue weighted by atomic mass is 9.70. The molecular weight excluding hydrogens is 288 g/mol. The highest BCUT2D eigenvalue weighted by Crippen LogP contribution is 2.46. The summed E-state index contributed by atoms with van der Waals surface area (Å²) in [6.07, 6.45) is 4.92. The number of fused-ring (bicyclic) bond motifs is 1. The fourth-order valence-electron chi connectivity index (χ4n) is 3.25. The largest absolute Gasteiger partial charge is 0.376 e. The maximum absolute atomic E-state index is 6.35. The molecule has 0 N–H and O–H groups in total. The molecule has 0 amide bonds. The average Bonchev–Trinajstić information content (AvgIpc) is 2.48. The second-order valence-electron chi connectivity index (χ2n) is 6.93. The predicted octanol–water partition coefficient (Wildman–Crippen LogP) is 3.64. The highest BCUT2D eigenvalue weighted by atomic mass is 35.5. The van der Waals surface area contributed by atoms with Crippen LogP contribution in [0.5, 0.6) is 0 Å². The Balaban J connectivity index is 1.96. The van der Waals surface area contributed by atoms with Gasteiger partial charge < -0.3 is 9.47 Å². The van der Waals surface area contributed by atoms with Gasteiger partial charge in [-0.3, -0.25) is 0 Å². The molecule has 0 aromatic carbocycles. The van der Waals surface area contributed by atoms with E-state index < -0.39 is 0 Å². The number of hydrogen-bond acceptors (Lipinski definition) is 4. The van der Waals surface area contributed by atoms with Gasteiger partial charge in [0, 0.05) is 19.1 Å². The molecule has 0 unspecified atom stereocenters. The molecule has 116 valence electrons. The van der Waals surface area contributed by atoms with Crippen LogP contribution >= 0.6 is 11.6 Å². The first-order chi connectivity index (χ1) is 9.96. The van der Waals surface area contributed by atoms with Gasteiger partial charge in [0.25, 0.3) is 0 Å². The minimum Gasteiger partial charge on any atom is -0.376 e. The molecular formula is C16H23ClN2O2. The predicted molar refractivity (Wildman–Crippen MR) is 81.3 cm³/mol. The summed E-state index contributed by atoms with van der Waals surface area (Å²) in [5.41, 5.74) is 1.95. The normalized spacial score (nSPS) is 23.6. The molecule has 1 aromatic rings. The van der Waals surface area contributed by atoms with Crippen LogP contribution < -0.4 is 0 Å². The van der Waals surface area contributed by atoms with Crippen molar-refractivity contribution in [2.45, 2.75) is 58.2 Å². The van der Waals surface area contributed by atoms with Crippen molar-refractivity contribution in [2.75, 3.05) is 13.7 Å². The smallest absolute Gasteiger partial charge is 0.162 e. The summed E-state index contributed by atoms with van der Waals surface area (Å²) in [4.78, 5) is 9.34. The van der Waals surface area contributed by atoms with Crippen LogP contribution in [-0.2, 0) is 28.1 Å². The topological polar surface area (TPSA) is 44.2 Å². The van der Waals surface area contributed by atoms with Crippen molar-refractivity contribution in [3.63, 3.8) is 0 Å². The van der Waals surface area contributed by atoms with Crippen LogP contribution in [0.2, 0.25) is 5.15 Å². The maximum atomic E-state index is 6.35. The van der Waals surface area contributed by atoms with Crippen LogP contribution in [0.3, 0.4) is 0 Å². The summed E-state index contributed by atoms with van der Waals surface area (Å²) in [5.74, 6) is 0.756. The Morgan fingerprint density at radius 3 is 2.52 bits per heavy atom. The number of hydrogen-bond donors (Lipinski definition) is 0. The third kappa shape index (κ3) is 2.81. The molecule has 1 aliphatic carbocycles. The van der Waals surface area contributed by atoms with Crippen LogP contribution in [0.1, 0.15) is 56.6 Å². The van der Waals surface area contributed by atoms with Crippen molar-refractivity contribution in [1.82, 2.24) is 9.97 Å². The van der Waals surface area contributed by atoms with Crippen molar-refractivity contribution in [1.29, 1.82) is 0 Å². The summed E-state index contributed by atoms with van der Waals surface area (Å²) >= 11 is 6.35. The molecule has 1 aliphatic heterocycles. The van der Waals surface area contributed by atoms with E-state index in [1.165, 1.54) is 0 Å². The molecule has 2 heterocycles. The Labute approximate surface area is 131 Å². The molecule has 0 radical (unpaired) electrons. The van der Waals surface area contributed by atoms with Gasteiger partial charge in [-0.2, -0.15) is 0 Å². The lowest BCUT2D eigenvalue weighted by Crippen LogP contribution is -2.38. The van der Waals surface area contributed by atoms with Crippen molar-refractivity contribution in [3.8, 4) is 0 Å². The van der Waals surface area contributed by atoms with Crippen molar-refractivity contribution in [3.05, 3.63) is 22.2 Å². The Kier molecular flexibility index (Phi) is 3.97. The zero-order valence-corrected chi connectivity index (χ0v) is 13.8. The first-order valence-electron chi connectivity index (χ1n) is 7.64. The van der Waals surface area contributed by atoms with E-state index in [0.29, 0.717) is 23.8 Å². The van der Waals surface area contributed by atoms with E-state index in [9.17, 15) is 0 Å². The number of halogens is 1. The molecule has 3 rings (SSSR count). The molecule has 4 nitrogen and oxygen atoms in total. The van der Waals surface area contributed by atoms with E-state index in [1.54, 1.807) is 7.11 Å². The minimum absolute atomic E-state index is 0.369. The van der Waals surface area contributed by atoms with Crippen molar-refractivity contribution < 1.29 is 9.47 Å². The Bertz CT molecular complexity index is 535. The molecule has 1 saturated carbocycles. The molecule has 1 fully saturated rings. The molecule has 5 heteroatoms. The van der Waals surface area contributed by atoms with Gasteiger partial charge in [0.05, 0.1) is 18.9 Å². The van der Waals surface area contributed by atoms with Gasteiger partial charge in [-0.1, -0.05) is 25.4 Å². The van der Waals surface area contributed by atoms with Gasteiger partial charge in [0.2, 0.25) is 0 Å². The minimum atomic E-state index is -0.382. The second kappa shape index (κ2) is 5.49. The zero-order chi connectivity index (χ0) is 15.1. The fourth-order valence-corrected chi connectivity index (χ4v) is 3.49. The van der Waals surface area contributed by atoms with E-state index in [1.807, 2.05) is 0 Å². The van der Waals surface area contributed by atoms with Crippen LogP contribution in [-0.4, -0.2) is 23.7 Å². The van der Waals surface area contributed by atoms with Crippen LogP contribution in [0.15, 0.2) is 0 Å². The highest BCUT2D eigenvalue weighted by Gasteiger charge is 2.42. The van der Waals surface area contributed by atoms with Crippen molar-refractivity contribution >= 4 is 11.6 Å². The monoisotopic (exact) mass is 310 g/mol. The van der Waals surface area contributed by atoms with E-state index in [0.717, 1.165) is 49.2 Å². The van der Waals surface area contributed by atoms with Gasteiger partial charge in [-0.25, -0.2) is 9.97 Å². The Morgan fingerprint density at radius 1 is 1.14 bits per heavy atom. The lowest BCUT2D eigenvalue weighted by molar-refractivity contribution is -0.0732. The van der Waals surface area contributed by atoms with Gasteiger partial charge in [0.1, 0.15) is 10.8 Å². The van der Waals surface area contributed by atoms with Crippen LogP contribution in [0, 0.1) is 5.41 Å². The summed E-state index contributed by atoms with van der Waals surface area (Å²) in [7, 11) is 1.76. The third-order valence-corrected chi connectivity index (χ3v) is 5.29. The summed E-state index contributed by atoms with van der Waals surface area (Å²) < 4.78 is 11.3. The second-order valence-corrected chi connectivity index (χ2v) is 7.29. The molecule has 0 saturated heterocycles. The van der Waals surface area contributed by atoms with Crippen LogP contribution in [0.4, 0.5) is 0 Å². The summed E-state index contributed by atoms with van der Waals surface area (Å²) in [6, 6.07) is 0. The van der Waals surface area contributed by atoms with E-state index in [2.05, 4.69) is 18.8 Å². The van der Waals surface area contributed by atoms with Gasteiger partial charge in [0.15, 0.2) is 5.82 Å². The van der Waals surface area contributed by atoms with Gasteiger partial charge in [-0.05, 0) is 31.1 Å². The molecule has 2 aliphatic rings. The summed E-state index contributed by atoms with van der Waals surface area (Å²) in [6.45, 7) is 5.84. The highest BCUT2D eigenvalue weighted by molar-refractivity contribution is 6.30. The van der Waals surface area contributed by atoms with E-state index in [4.69, 9.17) is 26.1 Å². The fraction of sp³-hybridized carbons (Fsp3) is 0.750. The quantitative estimate of drug-likeness (QED) is 0.782. The Hall–Kier alpha value is -0.710. The molecule has 0 spiro atoms. The summed E-state index contributed by atoms with van der Waals surface area (Å²) in [5, 5.41) is 0.524. The first kappa shape index (κ1) is 15.2. The molecule has 21 heavy (non-hydrogen) atoms. The Morgan fingerprint density at radius 2 is 1.86 bits per heavy atom. The van der Waals surface area contributed by atoms with E-state index >= 15 is 0 Å². The van der Waals surface area contributed by atoms with Gasteiger partial charge in [-0.15, -0.1) is 0 Å². The number of aromatic nitrogens is 2. The van der Waals surface area contributed by atoms with E-state index in [-0.39, 0.29) is 5.60 Å². The van der Waals surface area contributed by atoms with Crippen LogP contribution in [0.25, 0.3) is 0 Å². The van der Waals surface area contributed by atoms with Crippen molar-refractivity contribution in [2.24, 2.45) is 5.41 Å². The average molecular weight is 311 g/mol. The number of methoxy groups -OCH3 is 1. The number of rotatable bonds is 2. The first-order valence-corrected chi connectivity index (χ1v) is 8.02. The number of nitrogens with zero attached hydrogens (tertiary/aromatic N) is 2. The molecule has 0 bridgehead atoms. The lowest BCUT2D eigenvalue weighted by Gasteiger charge is -2.41. The SMILES string of the molecule is COC1(c2nc(Cl)c3c(n2)CCOC3)CCC(C)(C)CC1. The standard InChI is InChI=1S/C16H23ClN2O2/c1-15(2)5-7-16(20-3,8-6-15)14-18-12-4-9-21-10-11(12)13(17)19-14/h4-10H2,1-3H3.